The largest absolute Gasteiger partial charge is 0.418 e. The van der Waals surface area contributed by atoms with Gasteiger partial charge in [-0.1, -0.05) is 29.8 Å². The maximum atomic E-state index is 13.4. The number of para-hydroxylation sites is 1. The fraction of sp³-hybridized carbons (Fsp3) is 0.133. The van der Waals surface area contributed by atoms with Gasteiger partial charge in [0.15, 0.2) is 0 Å². The van der Waals surface area contributed by atoms with Gasteiger partial charge in [0.2, 0.25) is 5.91 Å². The molecule has 23 heavy (non-hydrogen) atoms. The molecule has 0 aliphatic carbocycles. The maximum absolute atomic E-state index is 13.4. The molecule has 1 amide bonds. The van der Waals surface area contributed by atoms with Crippen molar-refractivity contribution >= 4 is 35.0 Å². The minimum Gasteiger partial charge on any atom is -0.324 e. The summed E-state index contributed by atoms with van der Waals surface area (Å²) in [5.41, 5.74) is -1.53. The Balaban J connectivity index is 2.11. The number of anilines is 1. The molecular formula is C15H10ClF4NOS. The summed E-state index contributed by atoms with van der Waals surface area (Å²) in [5, 5.41) is 1.92. The zero-order chi connectivity index (χ0) is 17.0. The molecule has 0 aromatic heterocycles. The van der Waals surface area contributed by atoms with E-state index in [1.54, 1.807) is 6.07 Å². The van der Waals surface area contributed by atoms with Crippen molar-refractivity contribution in [1.82, 2.24) is 0 Å². The molecule has 0 spiro atoms. The van der Waals surface area contributed by atoms with Crippen molar-refractivity contribution in [2.24, 2.45) is 0 Å². The summed E-state index contributed by atoms with van der Waals surface area (Å²) in [5.74, 6) is -1.46. The van der Waals surface area contributed by atoms with Gasteiger partial charge in [0.1, 0.15) is 5.82 Å². The highest BCUT2D eigenvalue weighted by Crippen LogP contribution is 2.38. The van der Waals surface area contributed by atoms with E-state index in [0.29, 0.717) is 0 Å². The highest BCUT2D eigenvalue weighted by atomic mass is 35.5. The Bertz CT molecular complexity index is 721. The van der Waals surface area contributed by atoms with E-state index in [1.807, 2.05) is 0 Å². The number of carbonyl (C=O) groups is 1. The van der Waals surface area contributed by atoms with E-state index in [9.17, 15) is 22.4 Å². The van der Waals surface area contributed by atoms with E-state index in [4.69, 9.17) is 11.6 Å². The molecule has 2 rings (SSSR count). The number of carbonyl (C=O) groups excluding carboxylic acids is 1. The van der Waals surface area contributed by atoms with Gasteiger partial charge in [-0.15, -0.1) is 11.8 Å². The van der Waals surface area contributed by atoms with Crippen LogP contribution in [0.1, 0.15) is 5.56 Å². The average molecular weight is 364 g/mol. The van der Waals surface area contributed by atoms with Gasteiger partial charge < -0.3 is 5.32 Å². The quantitative estimate of drug-likeness (QED) is 0.595. The third kappa shape index (κ3) is 4.62. The SMILES string of the molecule is O=C(CSc1ccccc1F)Nc1c(Cl)cccc1C(F)(F)F. The molecule has 2 nitrogen and oxygen atoms in total. The van der Waals surface area contributed by atoms with Crippen LogP contribution in [-0.4, -0.2) is 11.7 Å². The Hall–Kier alpha value is -1.73. The summed E-state index contributed by atoms with van der Waals surface area (Å²) in [6, 6.07) is 9.02. The zero-order valence-corrected chi connectivity index (χ0v) is 13.0. The predicted octanol–water partition coefficient (Wildman–Crippen LogP) is 5.23. The number of thioether (sulfide) groups is 1. The molecular weight excluding hydrogens is 354 g/mol. The Morgan fingerprint density at radius 3 is 2.48 bits per heavy atom. The van der Waals surface area contributed by atoms with Crippen molar-refractivity contribution in [1.29, 1.82) is 0 Å². The van der Waals surface area contributed by atoms with Crippen molar-refractivity contribution in [2.75, 3.05) is 11.1 Å². The van der Waals surface area contributed by atoms with Crippen LogP contribution in [0.15, 0.2) is 47.4 Å². The Morgan fingerprint density at radius 1 is 1.13 bits per heavy atom. The van der Waals surface area contributed by atoms with Crippen molar-refractivity contribution in [3.05, 3.63) is 58.9 Å². The van der Waals surface area contributed by atoms with E-state index in [1.165, 1.54) is 24.3 Å². The molecule has 2 aromatic rings. The van der Waals surface area contributed by atoms with Crippen LogP contribution in [0.5, 0.6) is 0 Å². The summed E-state index contributed by atoms with van der Waals surface area (Å²) in [6.45, 7) is 0. The highest BCUT2D eigenvalue weighted by molar-refractivity contribution is 8.00. The summed E-state index contributed by atoms with van der Waals surface area (Å²) in [7, 11) is 0. The van der Waals surface area contributed by atoms with Gasteiger partial charge in [-0.05, 0) is 24.3 Å². The number of rotatable bonds is 4. The lowest BCUT2D eigenvalue weighted by Crippen LogP contribution is -2.18. The third-order valence-electron chi connectivity index (χ3n) is 2.78. The highest BCUT2D eigenvalue weighted by Gasteiger charge is 2.34. The van der Waals surface area contributed by atoms with Gasteiger partial charge in [0, 0.05) is 4.90 Å². The minimum absolute atomic E-state index is 0.218. The number of alkyl halides is 3. The monoisotopic (exact) mass is 363 g/mol. The molecule has 0 heterocycles. The van der Waals surface area contributed by atoms with Gasteiger partial charge in [-0.2, -0.15) is 13.2 Å². The van der Waals surface area contributed by atoms with Crippen molar-refractivity contribution < 1.29 is 22.4 Å². The van der Waals surface area contributed by atoms with Crippen LogP contribution in [0, 0.1) is 5.82 Å². The lowest BCUT2D eigenvalue weighted by molar-refractivity contribution is -0.137. The van der Waals surface area contributed by atoms with Crippen LogP contribution in [0.4, 0.5) is 23.2 Å². The molecule has 0 radical (unpaired) electrons. The van der Waals surface area contributed by atoms with Crippen molar-refractivity contribution in [3.63, 3.8) is 0 Å². The van der Waals surface area contributed by atoms with E-state index >= 15 is 0 Å². The van der Waals surface area contributed by atoms with Crippen LogP contribution in [0.2, 0.25) is 5.02 Å². The molecule has 8 heteroatoms. The topological polar surface area (TPSA) is 29.1 Å². The van der Waals surface area contributed by atoms with Crippen molar-refractivity contribution in [3.8, 4) is 0 Å². The van der Waals surface area contributed by atoms with Crippen LogP contribution >= 0.6 is 23.4 Å². The summed E-state index contributed by atoms with van der Waals surface area (Å²) >= 11 is 6.62. The first-order valence-electron chi connectivity index (χ1n) is 6.32. The van der Waals surface area contributed by atoms with Crippen LogP contribution in [0.25, 0.3) is 0 Å². The van der Waals surface area contributed by atoms with E-state index < -0.39 is 29.2 Å². The lowest BCUT2D eigenvalue weighted by Gasteiger charge is -2.15. The van der Waals surface area contributed by atoms with Gasteiger partial charge in [0.25, 0.3) is 0 Å². The molecule has 0 bridgehead atoms. The molecule has 0 saturated heterocycles. The number of nitrogens with one attached hydrogen (secondary N) is 1. The Morgan fingerprint density at radius 2 is 1.83 bits per heavy atom. The zero-order valence-electron chi connectivity index (χ0n) is 11.5. The fourth-order valence-electron chi connectivity index (χ4n) is 1.77. The smallest absolute Gasteiger partial charge is 0.324 e. The van der Waals surface area contributed by atoms with E-state index in [2.05, 4.69) is 5.32 Å². The number of benzene rings is 2. The summed E-state index contributed by atoms with van der Waals surface area (Å²) < 4.78 is 52.2. The van der Waals surface area contributed by atoms with Crippen LogP contribution in [-0.2, 0) is 11.0 Å². The third-order valence-corrected chi connectivity index (χ3v) is 4.14. The van der Waals surface area contributed by atoms with Gasteiger partial charge in [-0.3, -0.25) is 4.79 Å². The molecule has 1 N–H and O–H groups in total. The summed E-state index contributed by atoms with van der Waals surface area (Å²) in [4.78, 5) is 12.1. The summed E-state index contributed by atoms with van der Waals surface area (Å²) in [6.07, 6.45) is -4.65. The second-order valence-corrected chi connectivity index (χ2v) is 5.85. The lowest BCUT2D eigenvalue weighted by atomic mass is 10.1. The standard InChI is InChI=1S/C15H10ClF4NOS/c16-10-5-3-4-9(15(18,19)20)14(10)21-13(22)8-23-12-7-2-1-6-11(12)17/h1-7H,8H2,(H,21,22). The number of amides is 1. The number of halogens is 5. The first-order valence-corrected chi connectivity index (χ1v) is 7.68. The molecule has 0 aliphatic rings. The predicted molar refractivity (Wildman–Crippen MR) is 82.2 cm³/mol. The fourth-order valence-corrected chi connectivity index (χ4v) is 2.73. The first kappa shape index (κ1) is 17.6. The van der Waals surface area contributed by atoms with Gasteiger partial charge in [0.05, 0.1) is 22.0 Å². The van der Waals surface area contributed by atoms with Crippen LogP contribution < -0.4 is 5.32 Å². The molecule has 122 valence electrons. The van der Waals surface area contributed by atoms with E-state index in [0.717, 1.165) is 23.9 Å². The number of hydrogen-bond acceptors (Lipinski definition) is 2. The molecule has 0 aliphatic heterocycles. The number of hydrogen-bond donors (Lipinski definition) is 1. The van der Waals surface area contributed by atoms with Crippen LogP contribution in [0.3, 0.4) is 0 Å². The normalized spacial score (nSPS) is 11.3. The molecule has 0 atom stereocenters. The van der Waals surface area contributed by atoms with Gasteiger partial charge in [-0.25, -0.2) is 4.39 Å². The first-order chi connectivity index (χ1) is 10.8. The average Bonchev–Trinajstić information content (AvgIpc) is 2.47. The molecule has 0 unspecified atom stereocenters. The van der Waals surface area contributed by atoms with Crippen molar-refractivity contribution in [2.45, 2.75) is 11.1 Å². The Labute approximate surface area is 138 Å². The molecule has 0 fully saturated rings. The minimum atomic E-state index is -4.65. The Kier molecular flexibility index (Phi) is 5.54. The molecule has 0 saturated carbocycles. The van der Waals surface area contributed by atoms with Gasteiger partial charge >= 0.3 is 6.18 Å². The maximum Gasteiger partial charge on any atom is 0.418 e. The second kappa shape index (κ2) is 7.23. The second-order valence-electron chi connectivity index (χ2n) is 4.43. The molecule has 2 aromatic carbocycles. The van der Waals surface area contributed by atoms with E-state index in [-0.39, 0.29) is 15.7 Å².